The number of rotatable bonds is 3. The minimum Gasteiger partial charge on any atom is -0.351 e. The molecular formula is C19H17Cl2N3OS. The zero-order valence-corrected chi connectivity index (χ0v) is 16.5. The van der Waals surface area contributed by atoms with E-state index in [4.69, 9.17) is 35.4 Å². The molecule has 0 radical (unpaired) electrons. The second-order valence-electron chi connectivity index (χ2n) is 6.03. The van der Waals surface area contributed by atoms with Gasteiger partial charge in [-0.2, -0.15) is 0 Å². The number of hydrogen-bond acceptors (Lipinski definition) is 2. The van der Waals surface area contributed by atoms with E-state index in [2.05, 4.69) is 16.0 Å². The Labute approximate surface area is 167 Å². The van der Waals surface area contributed by atoms with Gasteiger partial charge < -0.3 is 16.0 Å². The third-order valence-electron chi connectivity index (χ3n) is 4.11. The van der Waals surface area contributed by atoms with Gasteiger partial charge in [-0.25, -0.2) is 0 Å². The van der Waals surface area contributed by atoms with Crippen LogP contribution < -0.4 is 16.0 Å². The fraction of sp³-hybridized carbons (Fsp3) is 0.158. The summed E-state index contributed by atoms with van der Waals surface area (Å²) in [6.07, 6.45) is 0. The lowest BCUT2D eigenvalue weighted by molar-refractivity contribution is -0.113. The van der Waals surface area contributed by atoms with E-state index in [0.29, 0.717) is 37.7 Å². The summed E-state index contributed by atoms with van der Waals surface area (Å²) in [5, 5.41) is 10.4. The normalized spacial score (nSPS) is 16.8. The van der Waals surface area contributed by atoms with Gasteiger partial charge in [-0.05, 0) is 50.3 Å². The molecule has 0 spiro atoms. The largest absolute Gasteiger partial charge is 0.351 e. The van der Waals surface area contributed by atoms with Crippen LogP contribution in [0.5, 0.6) is 0 Å². The fourth-order valence-corrected chi connectivity index (χ4v) is 3.72. The fourth-order valence-electron chi connectivity index (χ4n) is 2.83. The van der Waals surface area contributed by atoms with E-state index in [1.54, 1.807) is 25.1 Å². The van der Waals surface area contributed by atoms with Gasteiger partial charge in [0.1, 0.15) is 0 Å². The van der Waals surface area contributed by atoms with E-state index in [-0.39, 0.29) is 5.91 Å². The standard InChI is InChI=1S/C19H17Cl2N3OS/c1-10-6-8-12(9-7-10)23-18(25)15-11(2)22-19(26)24-17(15)16-13(20)4-3-5-14(16)21/h3-9,17H,1-2H3,(H,23,25)(H2,22,24,26)/t17-/m0/s1. The minimum absolute atomic E-state index is 0.255. The molecule has 26 heavy (non-hydrogen) atoms. The first-order valence-electron chi connectivity index (χ1n) is 7.97. The Hall–Kier alpha value is -2.08. The van der Waals surface area contributed by atoms with Crippen molar-refractivity contribution in [2.45, 2.75) is 19.9 Å². The van der Waals surface area contributed by atoms with E-state index in [1.165, 1.54) is 0 Å². The molecular weight excluding hydrogens is 389 g/mol. The van der Waals surface area contributed by atoms with Gasteiger partial charge in [0.25, 0.3) is 5.91 Å². The van der Waals surface area contributed by atoms with Crippen molar-refractivity contribution < 1.29 is 4.79 Å². The molecule has 4 nitrogen and oxygen atoms in total. The second-order valence-corrected chi connectivity index (χ2v) is 7.25. The summed E-state index contributed by atoms with van der Waals surface area (Å²) in [5.41, 5.74) is 3.57. The van der Waals surface area contributed by atoms with E-state index in [0.717, 1.165) is 5.56 Å². The highest BCUT2D eigenvalue weighted by Gasteiger charge is 2.32. The van der Waals surface area contributed by atoms with Crippen LogP contribution in [0.1, 0.15) is 24.1 Å². The molecule has 0 bridgehead atoms. The number of carbonyl (C=O) groups is 1. The molecule has 2 aromatic rings. The number of nitrogens with one attached hydrogen (secondary N) is 3. The van der Waals surface area contributed by atoms with Crippen LogP contribution in [0.4, 0.5) is 5.69 Å². The predicted molar refractivity (Wildman–Crippen MR) is 111 cm³/mol. The number of hydrogen-bond donors (Lipinski definition) is 3. The summed E-state index contributed by atoms with van der Waals surface area (Å²) in [5.74, 6) is -0.255. The van der Waals surface area contributed by atoms with Crippen molar-refractivity contribution in [2.75, 3.05) is 5.32 Å². The van der Waals surface area contributed by atoms with Crippen molar-refractivity contribution >= 4 is 52.1 Å². The Morgan fingerprint density at radius 3 is 2.31 bits per heavy atom. The van der Waals surface area contributed by atoms with Crippen LogP contribution >= 0.6 is 35.4 Å². The van der Waals surface area contributed by atoms with Crippen LogP contribution in [0.25, 0.3) is 0 Å². The Kier molecular flexibility index (Phi) is 5.51. The molecule has 1 atom stereocenters. The van der Waals surface area contributed by atoms with Gasteiger partial charge in [0, 0.05) is 27.0 Å². The van der Waals surface area contributed by atoms with E-state index in [1.807, 2.05) is 31.2 Å². The molecule has 0 saturated carbocycles. The molecule has 134 valence electrons. The number of anilines is 1. The SMILES string of the molecule is CC1=C(C(=O)Nc2ccc(C)cc2)[C@@H](c2c(Cl)cccc2Cl)NC(=S)N1. The number of allylic oxidation sites excluding steroid dienone is 1. The number of benzene rings is 2. The molecule has 1 heterocycles. The molecule has 0 unspecified atom stereocenters. The maximum absolute atomic E-state index is 13.0. The molecule has 1 aliphatic rings. The average molecular weight is 406 g/mol. The average Bonchev–Trinajstić information content (AvgIpc) is 2.56. The first-order chi connectivity index (χ1) is 12.4. The molecule has 0 fully saturated rings. The number of halogens is 2. The third kappa shape index (κ3) is 3.85. The first-order valence-corrected chi connectivity index (χ1v) is 9.13. The molecule has 3 N–H and O–H groups in total. The zero-order chi connectivity index (χ0) is 18.8. The van der Waals surface area contributed by atoms with Gasteiger partial charge in [-0.3, -0.25) is 4.79 Å². The predicted octanol–water partition coefficient (Wildman–Crippen LogP) is 4.73. The van der Waals surface area contributed by atoms with E-state index in [9.17, 15) is 4.79 Å². The first kappa shape index (κ1) is 18.7. The van der Waals surface area contributed by atoms with Gasteiger partial charge in [-0.1, -0.05) is 47.0 Å². The Balaban J connectivity index is 2.00. The smallest absolute Gasteiger partial charge is 0.255 e. The highest BCUT2D eigenvalue weighted by molar-refractivity contribution is 7.80. The Bertz CT molecular complexity index is 889. The van der Waals surface area contributed by atoms with Gasteiger partial charge in [0.2, 0.25) is 0 Å². The van der Waals surface area contributed by atoms with Gasteiger partial charge in [0.15, 0.2) is 5.11 Å². The Morgan fingerprint density at radius 2 is 1.69 bits per heavy atom. The van der Waals surface area contributed by atoms with Crippen LogP contribution in [-0.4, -0.2) is 11.0 Å². The molecule has 0 aromatic heterocycles. The number of thiocarbonyl (C=S) groups is 1. The number of amides is 1. The highest BCUT2D eigenvalue weighted by atomic mass is 35.5. The van der Waals surface area contributed by atoms with Gasteiger partial charge in [-0.15, -0.1) is 0 Å². The molecule has 1 aliphatic heterocycles. The van der Waals surface area contributed by atoms with Gasteiger partial charge in [0.05, 0.1) is 11.6 Å². The molecule has 2 aromatic carbocycles. The third-order valence-corrected chi connectivity index (χ3v) is 4.99. The molecule has 0 saturated heterocycles. The number of carbonyl (C=O) groups excluding carboxylic acids is 1. The molecule has 3 rings (SSSR count). The minimum atomic E-state index is -0.546. The molecule has 0 aliphatic carbocycles. The van der Waals surface area contributed by atoms with E-state index < -0.39 is 6.04 Å². The topological polar surface area (TPSA) is 53.2 Å². The highest BCUT2D eigenvalue weighted by Crippen LogP contribution is 2.36. The Morgan fingerprint density at radius 1 is 1.08 bits per heavy atom. The van der Waals surface area contributed by atoms with Crippen LogP contribution in [-0.2, 0) is 4.79 Å². The summed E-state index contributed by atoms with van der Waals surface area (Å²) in [7, 11) is 0. The second kappa shape index (κ2) is 7.66. The van der Waals surface area contributed by atoms with Crippen molar-refractivity contribution in [2.24, 2.45) is 0 Å². The lowest BCUT2D eigenvalue weighted by Crippen LogP contribution is -2.46. The van der Waals surface area contributed by atoms with Crippen molar-refractivity contribution in [3.8, 4) is 0 Å². The maximum atomic E-state index is 13.0. The summed E-state index contributed by atoms with van der Waals surface area (Å²) in [4.78, 5) is 13.0. The van der Waals surface area contributed by atoms with Crippen molar-refractivity contribution in [3.05, 3.63) is 74.9 Å². The van der Waals surface area contributed by atoms with Crippen molar-refractivity contribution in [3.63, 3.8) is 0 Å². The van der Waals surface area contributed by atoms with Crippen LogP contribution in [0.3, 0.4) is 0 Å². The summed E-state index contributed by atoms with van der Waals surface area (Å²) >= 11 is 18.0. The summed E-state index contributed by atoms with van der Waals surface area (Å²) in [6.45, 7) is 3.79. The van der Waals surface area contributed by atoms with Crippen molar-refractivity contribution in [1.82, 2.24) is 10.6 Å². The van der Waals surface area contributed by atoms with Gasteiger partial charge >= 0.3 is 0 Å². The van der Waals surface area contributed by atoms with Crippen molar-refractivity contribution in [1.29, 1.82) is 0 Å². The van der Waals surface area contributed by atoms with Crippen LogP contribution in [0.2, 0.25) is 10.0 Å². The number of aryl methyl sites for hydroxylation is 1. The summed E-state index contributed by atoms with van der Waals surface area (Å²) < 4.78 is 0. The van der Waals surface area contributed by atoms with E-state index >= 15 is 0 Å². The summed E-state index contributed by atoms with van der Waals surface area (Å²) in [6, 6.07) is 12.3. The molecule has 1 amide bonds. The lowest BCUT2D eigenvalue weighted by atomic mass is 9.94. The monoisotopic (exact) mass is 405 g/mol. The quantitative estimate of drug-likeness (QED) is 0.645. The van der Waals surface area contributed by atoms with Crippen LogP contribution in [0.15, 0.2) is 53.7 Å². The zero-order valence-electron chi connectivity index (χ0n) is 14.2. The maximum Gasteiger partial charge on any atom is 0.255 e. The molecule has 7 heteroatoms. The van der Waals surface area contributed by atoms with Crippen LogP contribution in [0, 0.1) is 6.92 Å². The lowest BCUT2D eigenvalue weighted by Gasteiger charge is -2.31.